The molecule has 2 heterocycles. The third-order valence-corrected chi connectivity index (χ3v) is 5.88. The number of nitrogen functional groups attached to an aromatic ring is 1. The molecule has 29 heavy (non-hydrogen) atoms. The molecule has 4 N–H and O–H groups in total. The number of hydrogen-bond donors (Lipinski definition) is 3. The van der Waals surface area contributed by atoms with Crippen molar-refractivity contribution >= 4 is 17.0 Å². The topological polar surface area (TPSA) is 92.5 Å². The van der Waals surface area contributed by atoms with E-state index in [9.17, 15) is 0 Å². The van der Waals surface area contributed by atoms with Gasteiger partial charge in [0.25, 0.3) is 0 Å². The Bertz CT molecular complexity index is 1120. The van der Waals surface area contributed by atoms with Crippen molar-refractivity contribution in [3.8, 4) is 0 Å². The Morgan fingerprint density at radius 2 is 1.93 bits per heavy atom. The number of hydrogen-bond acceptors (Lipinski definition) is 5. The summed E-state index contributed by atoms with van der Waals surface area (Å²) < 4.78 is 0. The minimum absolute atomic E-state index is 0.165. The van der Waals surface area contributed by atoms with E-state index >= 15 is 0 Å². The zero-order chi connectivity index (χ0) is 19.6. The van der Waals surface area contributed by atoms with E-state index in [0.29, 0.717) is 17.5 Å². The van der Waals surface area contributed by atoms with Crippen LogP contribution in [0, 0.1) is 0 Å². The molecule has 6 heteroatoms. The summed E-state index contributed by atoms with van der Waals surface area (Å²) in [5, 5.41) is 14.8. The highest BCUT2D eigenvalue weighted by molar-refractivity contribution is 5.77. The second kappa shape index (κ2) is 7.64. The Morgan fingerprint density at radius 3 is 2.83 bits per heavy atom. The Labute approximate surface area is 169 Å². The fourth-order valence-electron chi connectivity index (χ4n) is 4.51. The molecule has 6 nitrogen and oxygen atoms in total. The van der Waals surface area contributed by atoms with Crippen molar-refractivity contribution in [2.24, 2.45) is 0 Å². The van der Waals surface area contributed by atoms with Gasteiger partial charge in [0, 0.05) is 12.0 Å². The molecular formula is C23H24N6. The van der Waals surface area contributed by atoms with Crippen LogP contribution in [0.4, 0.5) is 5.82 Å². The SMILES string of the molecule is Nc1cc(C(CCN[C@H]2CCc3ccccc32)c2ccccc2)c2nn[nH]c2n1. The van der Waals surface area contributed by atoms with Gasteiger partial charge in [-0.3, -0.25) is 0 Å². The molecule has 0 spiro atoms. The number of nitrogens with zero attached hydrogens (tertiary/aromatic N) is 3. The van der Waals surface area contributed by atoms with E-state index in [1.165, 1.54) is 16.7 Å². The van der Waals surface area contributed by atoms with Crippen LogP contribution in [0.25, 0.3) is 11.2 Å². The van der Waals surface area contributed by atoms with Crippen LogP contribution in [-0.2, 0) is 6.42 Å². The van der Waals surface area contributed by atoms with Gasteiger partial charge >= 0.3 is 0 Å². The van der Waals surface area contributed by atoms with Gasteiger partial charge in [-0.1, -0.05) is 59.8 Å². The third-order valence-electron chi connectivity index (χ3n) is 5.88. The largest absolute Gasteiger partial charge is 0.384 e. The van der Waals surface area contributed by atoms with Crippen LogP contribution in [0.2, 0.25) is 0 Å². The highest BCUT2D eigenvalue weighted by atomic mass is 15.3. The van der Waals surface area contributed by atoms with Crippen LogP contribution < -0.4 is 11.1 Å². The maximum Gasteiger partial charge on any atom is 0.178 e. The first-order valence-electron chi connectivity index (χ1n) is 10.1. The predicted molar refractivity (Wildman–Crippen MR) is 115 cm³/mol. The minimum Gasteiger partial charge on any atom is -0.384 e. The summed E-state index contributed by atoms with van der Waals surface area (Å²) in [5.74, 6) is 0.649. The molecule has 2 aromatic carbocycles. The lowest BCUT2D eigenvalue weighted by Gasteiger charge is -2.21. The number of aryl methyl sites for hydroxylation is 1. The Kier molecular flexibility index (Phi) is 4.69. The lowest BCUT2D eigenvalue weighted by atomic mass is 9.88. The van der Waals surface area contributed by atoms with E-state index in [2.05, 4.69) is 74.2 Å². The van der Waals surface area contributed by atoms with Crippen molar-refractivity contribution < 1.29 is 0 Å². The molecule has 0 radical (unpaired) electrons. The van der Waals surface area contributed by atoms with E-state index in [1.54, 1.807) is 0 Å². The molecule has 0 amide bonds. The van der Waals surface area contributed by atoms with E-state index in [0.717, 1.165) is 36.9 Å². The van der Waals surface area contributed by atoms with Crippen molar-refractivity contribution in [2.45, 2.75) is 31.2 Å². The van der Waals surface area contributed by atoms with Crippen LogP contribution in [0.3, 0.4) is 0 Å². The van der Waals surface area contributed by atoms with E-state index in [-0.39, 0.29) is 5.92 Å². The van der Waals surface area contributed by atoms with Gasteiger partial charge in [-0.15, -0.1) is 5.10 Å². The molecule has 1 unspecified atom stereocenters. The fourth-order valence-corrected chi connectivity index (χ4v) is 4.51. The number of rotatable bonds is 6. The van der Waals surface area contributed by atoms with E-state index in [4.69, 9.17) is 5.73 Å². The zero-order valence-electron chi connectivity index (χ0n) is 16.2. The number of anilines is 1. The number of aromatic amines is 1. The molecule has 2 atom stereocenters. The van der Waals surface area contributed by atoms with E-state index in [1.807, 2.05) is 12.1 Å². The third kappa shape index (κ3) is 3.47. The summed E-state index contributed by atoms with van der Waals surface area (Å²) in [7, 11) is 0. The number of pyridine rings is 1. The molecule has 1 aliphatic rings. The first-order chi connectivity index (χ1) is 14.3. The normalized spacial score (nSPS) is 16.8. The van der Waals surface area contributed by atoms with Crippen LogP contribution >= 0.6 is 0 Å². The number of nitrogens with one attached hydrogen (secondary N) is 2. The van der Waals surface area contributed by atoms with Gasteiger partial charge in [-0.05, 0) is 54.1 Å². The van der Waals surface area contributed by atoms with Gasteiger partial charge in [0.1, 0.15) is 11.3 Å². The van der Waals surface area contributed by atoms with Gasteiger partial charge in [0.15, 0.2) is 5.65 Å². The Morgan fingerprint density at radius 1 is 1.10 bits per heavy atom. The molecule has 0 bridgehead atoms. The van der Waals surface area contributed by atoms with Crippen LogP contribution in [0.15, 0.2) is 60.7 Å². The van der Waals surface area contributed by atoms with Crippen LogP contribution in [0.1, 0.15) is 47.1 Å². The number of fused-ring (bicyclic) bond motifs is 2. The van der Waals surface area contributed by atoms with Gasteiger partial charge in [0.05, 0.1) is 0 Å². The summed E-state index contributed by atoms with van der Waals surface area (Å²) in [6.07, 6.45) is 3.25. The first kappa shape index (κ1) is 17.8. The summed E-state index contributed by atoms with van der Waals surface area (Å²) in [5.41, 5.74) is 12.7. The monoisotopic (exact) mass is 384 g/mol. The molecule has 2 aromatic heterocycles. The summed E-state index contributed by atoms with van der Waals surface area (Å²) in [6.45, 7) is 0.903. The lowest BCUT2D eigenvalue weighted by molar-refractivity contribution is 0.508. The Hall–Kier alpha value is -3.25. The summed E-state index contributed by atoms with van der Waals surface area (Å²) in [6, 6.07) is 21.6. The molecule has 0 saturated heterocycles. The van der Waals surface area contributed by atoms with Crippen LogP contribution in [-0.4, -0.2) is 26.9 Å². The molecule has 1 aliphatic carbocycles. The zero-order valence-corrected chi connectivity index (χ0v) is 16.2. The second-order valence-corrected chi connectivity index (χ2v) is 7.64. The molecule has 0 fully saturated rings. The van der Waals surface area contributed by atoms with Crippen molar-refractivity contribution in [2.75, 3.05) is 12.3 Å². The molecule has 0 aliphatic heterocycles. The summed E-state index contributed by atoms with van der Waals surface area (Å²) in [4.78, 5) is 4.32. The number of aromatic nitrogens is 4. The van der Waals surface area contributed by atoms with Gasteiger partial charge in [-0.25, -0.2) is 10.1 Å². The van der Waals surface area contributed by atoms with Crippen molar-refractivity contribution in [1.29, 1.82) is 0 Å². The van der Waals surface area contributed by atoms with Crippen LogP contribution in [0.5, 0.6) is 0 Å². The average molecular weight is 384 g/mol. The van der Waals surface area contributed by atoms with Gasteiger partial charge in [0.2, 0.25) is 0 Å². The smallest absolute Gasteiger partial charge is 0.178 e. The highest BCUT2D eigenvalue weighted by Crippen LogP contribution is 2.34. The quantitative estimate of drug-likeness (QED) is 0.471. The number of H-pyrrole nitrogens is 1. The van der Waals surface area contributed by atoms with Crippen molar-refractivity contribution in [3.05, 3.63) is 82.9 Å². The van der Waals surface area contributed by atoms with Gasteiger partial charge in [-0.2, -0.15) is 0 Å². The minimum atomic E-state index is 0.165. The molecule has 0 saturated carbocycles. The molecular weight excluding hydrogens is 360 g/mol. The van der Waals surface area contributed by atoms with Crippen molar-refractivity contribution in [3.63, 3.8) is 0 Å². The molecule has 4 aromatic rings. The maximum atomic E-state index is 6.08. The van der Waals surface area contributed by atoms with Crippen molar-refractivity contribution in [1.82, 2.24) is 25.7 Å². The highest BCUT2D eigenvalue weighted by Gasteiger charge is 2.23. The predicted octanol–water partition coefficient (Wildman–Crippen LogP) is 3.73. The maximum absolute atomic E-state index is 6.08. The standard InChI is InChI=1S/C23H24N6/c24-21-14-19(22-23(26-21)28-29-27-22)17(15-6-2-1-3-7-15)12-13-25-20-11-10-16-8-4-5-9-18(16)20/h1-9,14,17,20,25H,10-13H2,(H3,24,26,27,28,29)/t17?,20-/m0/s1. The number of benzene rings is 2. The Balaban J connectivity index is 1.41. The summed E-state index contributed by atoms with van der Waals surface area (Å²) >= 11 is 0. The number of nitrogens with two attached hydrogens (primary N) is 1. The van der Waals surface area contributed by atoms with E-state index < -0.39 is 0 Å². The van der Waals surface area contributed by atoms with Gasteiger partial charge < -0.3 is 11.1 Å². The molecule has 146 valence electrons. The fraction of sp³-hybridized carbons (Fsp3) is 0.261. The molecule has 5 rings (SSSR count). The first-order valence-corrected chi connectivity index (χ1v) is 10.1. The second-order valence-electron chi connectivity index (χ2n) is 7.64. The lowest BCUT2D eigenvalue weighted by Crippen LogP contribution is -2.22. The average Bonchev–Trinajstić information content (AvgIpc) is 3.38.